The number of carboxylic acids is 1. The molecule has 0 spiro atoms. The molecule has 1 fully saturated rings. The van der Waals surface area contributed by atoms with Crippen molar-refractivity contribution in [3.8, 4) is 5.69 Å². The van der Waals surface area contributed by atoms with Gasteiger partial charge in [0, 0.05) is 35.9 Å². The molecule has 1 unspecified atom stereocenters. The number of tetrazole rings is 1. The summed E-state index contributed by atoms with van der Waals surface area (Å²) in [6.45, 7) is 7.40. The molecular weight excluding hydrogens is 682 g/mol. The van der Waals surface area contributed by atoms with Crippen molar-refractivity contribution in [2.75, 3.05) is 42.3 Å². The Bertz CT molecular complexity index is 1920. The predicted octanol–water partition coefficient (Wildman–Crippen LogP) is 3.48. The van der Waals surface area contributed by atoms with E-state index >= 15 is 0 Å². The molecule has 5 rings (SSSR count). The number of benzene rings is 3. The summed E-state index contributed by atoms with van der Waals surface area (Å²) < 4.78 is 6.57. The van der Waals surface area contributed by atoms with Crippen molar-refractivity contribution in [3.05, 3.63) is 88.7 Å². The van der Waals surface area contributed by atoms with E-state index in [1.54, 1.807) is 47.4 Å². The number of morpholine rings is 1. The number of carbonyl (C=O) groups excluding carboxylic acids is 4. The Morgan fingerprint density at radius 2 is 1.61 bits per heavy atom. The fraction of sp³-hybridized carbons (Fsp3) is 0.294. The van der Waals surface area contributed by atoms with Crippen LogP contribution in [0.4, 0.5) is 21.9 Å². The number of aromatic nitrogens is 4. The minimum absolute atomic E-state index is 0.0467. The number of hydrogen-bond acceptors (Lipinski definition) is 9. The topological polar surface area (TPSA) is 210 Å². The number of hydrogen-bond donors (Lipinski definition) is 5. The predicted molar refractivity (Wildman–Crippen MR) is 187 cm³/mol. The molecule has 5 N–H and O–H groups in total. The Morgan fingerprint density at radius 1 is 0.902 bits per heavy atom. The first-order chi connectivity index (χ1) is 24.3. The van der Waals surface area contributed by atoms with E-state index in [0.29, 0.717) is 54.5 Å². The molecule has 1 aliphatic rings. The van der Waals surface area contributed by atoms with Gasteiger partial charge in [-0.25, -0.2) is 9.59 Å². The van der Waals surface area contributed by atoms with Gasteiger partial charge in [-0.3, -0.25) is 14.4 Å². The van der Waals surface area contributed by atoms with E-state index in [1.165, 1.54) is 29.2 Å². The summed E-state index contributed by atoms with van der Waals surface area (Å²) in [7, 11) is 0. The van der Waals surface area contributed by atoms with Crippen LogP contribution in [0.2, 0.25) is 5.02 Å². The third-order valence-corrected chi connectivity index (χ3v) is 8.13. The molecule has 1 saturated heterocycles. The third-order valence-electron chi connectivity index (χ3n) is 7.90. The highest BCUT2D eigenvalue weighted by atomic mass is 35.5. The van der Waals surface area contributed by atoms with E-state index in [-0.39, 0.29) is 28.7 Å². The molecule has 3 aromatic carbocycles. The van der Waals surface area contributed by atoms with Gasteiger partial charge in [-0.2, -0.15) is 4.68 Å². The third kappa shape index (κ3) is 9.43. The van der Waals surface area contributed by atoms with Gasteiger partial charge in [0.15, 0.2) is 0 Å². The van der Waals surface area contributed by atoms with Gasteiger partial charge in [-0.1, -0.05) is 44.5 Å². The van der Waals surface area contributed by atoms with Crippen molar-refractivity contribution in [1.29, 1.82) is 0 Å². The maximum atomic E-state index is 13.8. The Kier molecular flexibility index (Phi) is 11.3. The summed E-state index contributed by atoms with van der Waals surface area (Å²) in [5.41, 5.74) is 1.90. The Morgan fingerprint density at radius 3 is 2.25 bits per heavy atom. The summed E-state index contributed by atoms with van der Waals surface area (Å²) in [5.74, 6) is -3.99. The lowest BCUT2D eigenvalue weighted by Crippen LogP contribution is -2.49. The summed E-state index contributed by atoms with van der Waals surface area (Å²) in [4.78, 5) is 66.4. The number of urea groups is 1. The largest absolute Gasteiger partial charge is 0.478 e. The summed E-state index contributed by atoms with van der Waals surface area (Å²) >= 11 is 6.15. The Balaban J connectivity index is 1.36. The molecule has 1 aliphatic heterocycles. The normalized spacial score (nSPS) is 13.5. The molecule has 0 radical (unpaired) electrons. The smallest absolute Gasteiger partial charge is 0.335 e. The first-order valence-electron chi connectivity index (χ1n) is 15.8. The van der Waals surface area contributed by atoms with E-state index in [0.717, 1.165) is 0 Å². The molecule has 16 nitrogen and oxygen atoms in total. The van der Waals surface area contributed by atoms with Gasteiger partial charge in [0.05, 0.1) is 30.2 Å². The summed E-state index contributed by atoms with van der Waals surface area (Å²) in [6, 6.07) is 14.1. The zero-order chi connectivity index (χ0) is 36.7. The molecule has 2 heterocycles. The number of rotatable bonds is 9. The van der Waals surface area contributed by atoms with Crippen molar-refractivity contribution in [3.63, 3.8) is 0 Å². The van der Waals surface area contributed by atoms with Gasteiger partial charge in [-0.05, 0) is 75.5 Å². The van der Waals surface area contributed by atoms with Gasteiger partial charge in [0.25, 0.3) is 0 Å². The number of carboxylic acid groups (broad SMARTS) is 1. The minimum Gasteiger partial charge on any atom is -0.478 e. The van der Waals surface area contributed by atoms with Crippen LogP contribution in [0.25, 0.3) is 5.69 Å². The lowest BCUT2D eigenvalue weighted by molar-refractivity contribution is -0.137. The van der Waals surface area contributed by atoms with Crippen LogP contribution in [-0.4, -0.2) is 92.3 Å². The second-order valence-corrected chi connectivity index (χ2v) is 13.1. The van der Waals surface area contributed by atoms with Crippen LogP contribution in [0.5, 0.6) is 0 Å². The summed E-state index contributed by atoms with van der Waals surface area (Å²) in [6.07, 6.45) is 1.25. The number of nitrogens with zero attached hydrogens (tertiary/aromatic N) is 5. The van der Waals surface area contributed by atoms with E-state index in [9.17, 15) is 29.1 Å². The standard InChI is InChI=1S/C34H36ClN9O7/c1-34(2,3)25-18-23(9-10-24(25)32(48)49)37-29(45)27(16-20-4-7-22(8-5-20)38-33(50)43-12-14-51-15-13-43)40-31(47)30(46)39-26-17-21(35)6-11-28(26)44-19-36-41-42-44/h4-11,17-19,27H,12-16H2,1-3H3,(H,37,45)(H,38,50)(H,39,46)(H,40,47)(H,48,49). The number of ether oxygens (including phenoxy) is 1. The number of halogens is 1. The molecule has 0 saturated carbocycles. The molecule has 0 aliphatic carbocycles. The maximum absolute atomic E-state index is 13.8. The Hall–Kier alpha value is -5.87. The van der Waals surface area contributed by atoms with Crippen LogP contribution in [0.1, 0.15) is 42.3 Å². The highest BCUT2D eigenvalue weighted by molar-refractivity contribution is 6.40. The van der Waals surface area contributed by atoms with Crippen molar-refractivity contribution in [2.24, 2.45) is 0 Å². The lowest BCUT2D eigenvalue weighted by atomic mass is 9.83. The van der Waals surface area contributed by atoms with E-state index in [4.69, 9.17) is 16.3 Å². The van der Waals surface area contributed by atoms with Gasteiger partial charge >= 0.3 is 23.8 Å². The minimum atomic E-state index is -1.27. The molecule has 1 aromatic heterocycles. The van der Waals surface area contributed by atoms with Crippen molar-refractivity contribution < 1.29 is 33.8 Å². The number of anilines is 3. The first kappa shape index (κ1) is 36.4. The van der Waals surface area contributed by atoms with Crippen LogP contribution in [0, 0.1) is 0 Å². The van der Waals surface area contributed by atoms with Crippen LogP contribution in [0.15, 0.2) is 67.0 Å². The fourth-order valence-electron chi connectivity index (χ4n) is 5.28. The second-order valence-electron chi connectivity index (χ2n) is 12.6. The Labute approximate surface area is 297 Å². The maximum Gasteiger partial charge on any atom is 0.335 e. The van der Waals surface area contributed by atoms with Gasteiger partial charge in [0.1, 0.15) is 12.4 Å². The van der Waals surface area contributed by atoms with E-state index in [1.807, 2.05) is 20.8 Å². The summed E-state index contributed by atoms with van der Waals surface area (Å²) in [5, 5.41) is 31.6. The second kappa shape index (κ2) is 15.8. The van der Waals surface area contributed by atoms with Crippen molar-refractivity contribution in [2.45, 2.75) is 38.6 Å². The lowest BCUT2D eigenvalue weighted by Gasteiger charge is -2.27. The highest BCUT2D eigenvalue weighted by Gasteiger charge is 2.28. The average molecular weight is 718 g/mol. The monoisotopic (exact) mass is 717 g/mol. The molecule has 0 bridgehead atoms. The van der Waals surface area contributed by atoms with Gasteiger partial charge < -0.3 is 36.0 Å². The molecule has 51 heavy (non-hydrogen) atoms. The quantitative estimate of drug-likeness (QED) is 0.159. The van der Waals surface area contributed by atoms with Gasteiger partial charge in [-0.15, -0.1) is 5.10 Å². The molecule has 5 amide bonds. The van der Waals surface area contributed by atoms with Crippen LogP contribution >= 0.6 is 11.6 Å². The van der Waals surface area contributed by atoms with E-state index < -0.39 is 35.1 Å². The van der Waals surface area contributed by atoms with Crippen LogP contribution < -0.4 is 21.3 Å². The number of nitrogens with one attached hydrogen (secondary N) is 4. The first-order valence-corrected chi connectivity index (χ1v) is 16.2. The number of carbonyl (C=O) groups is 5. The van der Waals surface area contributed by atoms with Gasteiger partial charge in [0.2, 0.25) is 5.91 Å². The molecule has 266 valence electrons. The molecule has 1 atom stereocenters. The highest BCUT2D eigenvalue weighted by Crippen LogP contribution is 2.29. The molecule has 17 heteroatoms. The van der Waals surface area contributed by atoms with E-state index in [2.05, 4.69) is 36.8 Å². The fourth-order valence-corrected chi connectivity index (χ4v) is 5.45. The number of aromatic carboxylic acids is 1. The molecule has 4 aromatic rings. The number of amides is 5. The van der Waals surface area contributed by atoms with Crippen LogP contribution in [-0.2, 0) is 31.0 Å². The van der Waals surface area contributed by atoms with Crippen molar-refractivity contribution in [1.82, 2.24) is 30.4 Å². The zero-order valence-corrected chi connectivity index (χ0v) is 28.7. The zero-order valence-electron chi connectivity index (χ0n) is 28.0. The van der Waals surface area contributed by atoms with Crippen molar-refractivity contribution >= 4 is 58.4 Å². The molecular formula is C34H36ClN9O7. The van der Waals surface area contributed by atoms with Crippen LogP contribution in [0.3, 0.4) is 0 Å². The average Bonchev–Trinajstić information content (AvgIpc) is 3.63. The SMILES string of the molecule is CC(C)(C)c1cc(NC(=O)C(Cc2ccc(NC(=O)N3CCOCC3)cc2)NC(=O)C(=O)Nc2cc(Cl)ccc2-n2cnnn2)ccc1C(=O)O.